The highest BCUT2D eigenvalue weighted by atomic mass is 16.6. The number of hydroxylamine groups is 1. The Hall–Kier alpha value is -1.68. The summed E-state index contributed by atoms with van der Waals surface area (Å²) in [6.45, 7) is -0.104. The van der Waals surface area contributed by atoms with Gasteiger partial charge in [0.1, 0.15) is 6.61 Å². The van der Waals surface area contributed by atoms with Crippen LogP contribution >= 0.6 is 0 Å². The second-order valence-electron chi connectivity index (χ2n) is 2.73. The van der Waals surface area contributed by atoms with Crippen LogP contribution in [0.5, 0.6) is 0 Å². The predicted octanol–water partition coefficient (Wildman–Crippen LogP) is 0.476. The minimum Gasteiger partial charge on any atom is -0.297 e. The zero-order valence-electron chi connectivity index (χ0n) is 7.60. The third kappa shape index (κ3) is 3.82. The van der Waals surface area contributed by atoms with E-state index in [1.165, 1.54) is 0 Å². The van der Waals surface area contributed by atoms with Crippen molar-refractivity contribution in [2.45, 2.75) is 6.42 Å². The predicted molar refractivity (Wildman–Crippen MR) is 50.3 cm³/mol. The first-order chi connectivity index (χ1) is 6.83. The molecule has 1 amide bonds. The molecule has 1 rings (SSSR count). The molecule has 1 aromatic carbocycles. The van der Waals surface area contributed by atoms with Crippen LogP contribution in [0.25, 0.3) is 0 Å². The van der Waals surface area contributed by atoms with Gasteiger partial charge < -0.3 is 0 Å². The number of Topliss-reactive ketones (excluding diaryl/α,β-unsaturated/α-hetero) is 1. The molecule has 14 heavy (non-hydrogen) atoms. The molecule has 1 N–H and O–H groups in total. The SMILES string of the molecule is O=CNOCC(=O)Cc1ccccc1. The Bertz CT molecular complexity index is 297. The summed E-state index contributed by atoms with van der Waals surface area (Å²) in [5.74, 6) is -0.0782. The summed E-state index contributed by atoms with van der Waals surface area (Å²) in [4.78, 5) is 25.6. The number of carbonyl (C=O) groups excluding carboxylic acids is 2. The fourth-order valence-corrected chi connectivity index (χ4v) is 1.03. The van der Waals surface area contributed by atoms with Gasteiger partial charge in [0.2, 0.25) is 6.41 Å². The van der Waals surface area contributed by atoms with Crippen LogP contribution in [0, 0.1) is 0 Å². The van der Waals surface area contributed by atoms with Crippen molar-refractivity contribution in [3.8, 4) is 0 Å². The summed E-state index contributed by atoms with van der Waals surface area (Å²) in [6, 6.07) is 9.36. The second-order valence-corrected chi connectivity index (χ2v) is 2.73. The number of benzene rings is 1. The molecular formula is C10H11NO3. The molecule has 0 aliphatic heterocycles. The molecule has 0 saturated heterocycles. The van der Waals surface area contributed by atoms with E-state index in [4.69, 9.17) is 0 Å². The van der Waals surface area contributed by atoms with E-state index in [-0.39, 0.29) is 12.4 Å². The van der Waals surface area contributed by atoms with Crippen molar-refractivity contribution in [3.63, 3.8) is 0 Å². The first kappa shape index (κ1) is 10.4. The van der Waals surface area contributed by atoms with Crippen LogP contribution < -0.4 is 5.48 Å². The van der Waals surface area contributed by atoms with E-state index in [0.717, 1.165) is 5.56 Å². The maximum atomic E-state index is 11.2. The minimum atomic E-state index is -0.104. The quantitative estimate of drug-likeness (QED) is 0.406. The maximum Gasteiger partial charge on any atom is 0.230 e. The van der Waals surface area contributed by atoms with Crippen LogP contribution in [-0.4, -0.2) is 18.8 Å². The van der Waals surface area contributed by atoms with Gasteiger partial charge in [-0.25, -0.2) is 5.48 Å². The lowest BCUT2D eigenvalue weighted by Gasteiger charge is -2.00. The molecule has 0 heterocycles. The standard InChI is InChI=1S/C10H11NO3/c12-8-11-14-7-10(13)6-9-4-2-1-3-5-9/h1-5,8H,6-7H2,(H,11,12). The Labute approximate surface area is 81.8 Å². The maximum absolute atomic E-state index is 11.2. The summed E-state index contributed by atoms with van der Waals surface area (Å²) >= 11 is 0. The highest BCUT2D eigenvalue weighted by molar-refractivity contribution is 5.82. The number of nitrogens with one attached hydrogen (secondary N) is 1. The molecule has 0 aliphatic rings. The summed E-state index contributed by atoms with van der Waals surface area (Å²) in [7, 11) is 0. The van der Waals surface area contributed by atoms with Crippen LogP contribution in [-0.2, 0) is 20.8 Å². The molecule has 4 heteroatoms. The molecular weight excluding hydrogens is 182 g/mol. The Morgan fingerprint density at radius 2 is 2.07 bits per heavy atom. The normalized spacial score (nSPS) is 9.43. The average molecular weight is 193 g/mol. The molecule has 0 aliphatic carbocycles. The topological polar surface area (TPSA) is 55.4 Å². The van der Waals surface area contributed by atoms with Crippen molar-refractivity contribution < 1.29 is 14.4 Å². The Kier molecular flexibility index (Phi) is 4.37. The van der Waals surface area contributed by atoms with E-state index in [0.29, 0.717) is 12.8 Å². The summed E-state index contributed by atoms with van der Waals surface area (Å²) < 4.78 is 0. The Balaban J connectivity index is 2.31. The lowest BCUT2D eigenvalue weighted by Crippen LogP contribution is -2.19. The Morgan fingerprint density at radius 1 is 1.36 bits per heavy atom. The molecule has 0 radical (unpaired) electrons. The van der Waals surface area contributed by atoms with Gasteiger partial charge >= 0.3 is 0 Å². The van der Waals surface area contributed by atoms with Crippen molar-refractivity contribution in [3.05, 3.63) is 35.9 Å². The van der Waals surface area contributed by atoms with Gasteiger partial charge in [-0.15, -0.1) is 0 Å². The number of hydrogen-bond acceptors (Lipinski definition) is 3. The van der Waals surface area contributed by atoms with Crippen molar-refractivity contribution in [2.75, 3.05) is 6.61 Å². The van der Waals surface area contributed by atoms with Crippen molar-refractivity contribution in [1.29, 1.82) is 0 Å². The number of carbonyl (C=O) groups is 2. The first-order valence-electron chi connectivity index (χ1n) is 4.19. The fraction of sp³-hybridized carbons (Fsp3) is 0.200. The second kappa shape index (κ2) is 5.88. The smallest absolute Gasteiger partial charge is 0.230 e. The van der Waals surface area contributed by atoms with Gasteiger partial charge in [-0.05, 0) is 5.56 Å². The number of ketones is 1. The largest absolute Gasteiger partial charge is 0.297 e. The fourth-order valence-electron chi connectivity index (χ4n) is 1.03. The van der Waals surface area contributed by atoms with Crippen molar-refractivity contribution in [2.24, 2.45) is 0 Å². The molecule has 1 aromatic rings. The van der Waals surface area contributed by atoms with Gasteiger partial charge in [0.25, 0.3) is 0 Å². The average Bonchev–Trinajstić information content (AvgIpc) is 2.20. The molecule has 74 valence electrons. The van der Waals surface area contributed by atoms with E-state index in [1.54, 1.807) is 0 Å². The van der Waals surface area contributed by atoms with Crippen LogP contribution in [0.4, 0.5) is 0 Å². The van der Waals surface area contributed by atoms with Gasteiger partial charge in [-0.3, -0.25) is 14.4 Å². The lowest BCUT2D eigenvalue weighted by atomic mass is 10.1. The molecule has 0 spiro atoms. The van der Waals surface area contributed by atoms with Gasteiger partial charge in [-0.2, -0.15) is 0 Å². The number of amides is 1. The third-order valence-corrected chi connectivity index (χ3v) is 1.61. The highest BCUT2D eigenvalue weighted by Crippen LogP contribution is 1.99. The molecule has 4 nitrogen and oxygen atoms in total. The Morgan fingerprint density at radius 3 is 2.71 bits per heavy atom. The summed E-state index contributed by atoms with van der Waals surface area (Å²) in [6.07, 6.45) is 0.706. The molecule has 0 fully saturated rings. The van der Waals surface area contributed by atoms with Gasteiger partial charge in [-0.1, -0.05) is 30.3 Å². The zero-order valence-corrected chi connectivity index (χ0v) is 7.60. The molecule has 0 atom stereocenters. The van der Waals surface area contributed by atoms with Crippen LogP contribution in [0.2, 0.25) is 0 Å². The first-order valence-corrected chi connectivity index (χ1v) is 4.19. The van der Waals surface area contributed by atoms with E-state index < -0.39 is 0 Å². The summed E-state index contributed by atoms with van der Waals surface area (Å²) in [5, 5.41) is 0. The van der Waals surface area contributed by atoms with Gasteiger partial charge in [0.05, 0.1) is 0 Å². The third-order valence-electron chi connectivity index (χ3n) is 1.61. The minimum absolute atomic E-state index is 0.0782. The highest BCUT2D eigenvalue weighted by Gasteiger charge is 2.02. The molecule has 0 aromatic heterocycles. The summed E-state index contributed by atoms with van der Waals surface area (Å²) in [5.41, 5.74) is 2.90. The van der Waals surface area contributed by atoms with E-state index in [2.05, 4.69) is 4.84 Å². The van der Waals surface area contributed by atoms with E-state index >= 15 is 0 Å². The molecule has 0 saturated carbocycles. The van der Waals surface area contributed by atoms with Crippen LogP contribution in [0.3, 0.4) is 0 Å². The zero-order chi connectivity index (χ0) is 10.2. The van der Waals surface area contributed by atoms with E-state index in [9.17, 15) is 9.59 Å². The van der Waals surface area contributed by atoms with Crippen molar-refractivity contribution in [1.82, 2.24) is 5.48 Å². The lowest BCUT2D eigenvalue weighted by molar-refractivity contribution is -0.130. The van der Waals surface area contributed by atoms with E-state index in [1.807, 2.05) is 35.8 Å². The van der Waals surface area contributed by atoms with Crippen LogP contribution in [0.15, 0.2) is 30.3 Å². The molecule has 0 unspecified atom stereocenters. The van der Waals surface area contributed by atoms with Gasteiger partial charge in [0, 0.05) is 6.42 Å². The molecule has 0 bridgehead atoms. The van der Waals surface area contributed by atoms with Crippen LogP contribution in [0.1, 0.15) is 5.56 Å². The van der Waals surface area contributed by atoms with Gasteiger partial charge in [0.15, 0.2) is 5.78 Å². The number of rotatable bonds is 6. The monoisotopic (exact) mass is 193 g/mol. The van der Waals surface area contributed by atoms with Crippen molar-refractivity contribution >= 4 is 12.2 Å². The number of hydrogen-bond donors (Lipinski definition) is 1.